The van der Waals surface area contributed by atoms with E-state index in [1.54, 1.807) is 6.92 Å². The van der Waals surface area contributed by atoms with Crippen LogP contribution in [-0.4, -0.2) is 102 Å². The highest BCUT2D eigenvalue weighted by molar-refractivity contribution is 5.73. The van der Waals surface area contributed by atoms with Crippen LogP contribution >= 0.6 is 0 Å². The Kier molecular flexibility index (Phi) is 7.92. The fourth-order valence-electron chi connectivity index (χ4n) is 3.43. The molecule has 0 saturated carbocycles. The summed E-state index contributed by atoms with van der Waals surface area (Å²) in [6.45, 7) is 2.11. The van der Waals surface area contributed by atoms with Gasteiger partial charge in [0.15, 0.2) is 12.6 Å². The van der Waals surface area contributed by atoms with Gasteiger partial charge in [0.1, 0.15) is 24.4 Å². The number of amides is 1. The molecule has 7 N–H and O–H groups in total. The summed E-state index contributed by atoms with van der Waals surface area (Å²) in [4.78, 5) is 11.5. The molecule has 0 radical (unpaired) electrons. The second-order valence-electron chi connectivity index (χ2n) is 6.93. The van der Waals surface area contributed by atoms with Crippen LogP contribution in [0.25, 0.3) is 0 Å². The van der Waals surface area contributed by atoms with Crippen molar-refractivity contribution in [2.75, 3.05) is 20.3 Å². The SMILES string of the molecule is CO[C@@H]1OC(CO)[C@H](O[C@@H]2OC(CO)[C@H](C)[C@@H](O)C2N)[C@@H](O)C1NC(C)=O. The predicted octanol–water partition coefficient (Wildman–Crippen LogP) is -3.36. The fraction of sp³-hybridized carbons (Fsp3) is 0.938. The normalized spacial score (nSPS) is 45.5. The largest absolute Gasteiger partial charge is 0.394 e. The Balaban J connectivity index is 2.19. The number of aliphatic hydroxyl groups is 4. The summed E-state index contributed by atoms with van der Waals surface area (Å²) >= 11 is 0. The van der Waals surface area contributed by atoms with E-state index < -0.39 is 73.6 Å². The van der Waals surface area contributed by atoms with Crippen LogP contribution in [0.15, 0.2) is 0 Å². The van der Waals surface area contributed by atoms with Crippen LogP contribution in [0.2, 0.25) is 0 Å². The minimum atomic E-state index is -1.32. The lowest BCUT2D eigenvalue weighted by Crippen LogP contribution is -2.67. The van der Waals surface area contributed by atoms with Gasteiger partial charge in [-0.1, -0.05) is 6.92 Å². The van der Waals surface area contributed by atoms with Crippen molar-refractivity contribution < 1.29 is 44.2 Å². The Labute approximate surface area is 157 Å². The molecular weight excluding hydrogens is 364 g/mol. The standard InChI is InChI=1S/C16H30N2O9/c1-6-8(4-19)25-15(10(17)12(6)22)27-14-9(5-20)26-16(24-3)11(13(14)23)18-7(2)21/h6,8-16,19-20,22-23H,4-5,17H2,1-3H3,(H,18,21)/t6-,8?,9?,10?,11?,12+,13-,14-,15-,16+/m0/s1. The molecule has 2 fully saturated rings. The molecule has 0 aliphatic carbocycles. The van der Waals surface area contributed by atoms with Crippen LogP contribution < -0.4 is 11.1 Å². The molecule has 0 bridgehead atoms. The Morgan fingerprint density at radius 3 is 2.22 bits per heavy atom. The molecule has 158 valence electrons. The molecular formula is C16H30N2O9. The van der Waals surface area contributed by atoms with E-state index in [-0.39, 0.29) is 6.61 Å². The maximum absolute atomic E-state index is 11.5. The van der Waals surface area contributed by atoms with E-state index in [0.29, 0.717) is 0 Å². The zero-order valence-corrected chi connectivity index (χ0v) is 15.6. The van der Waals surface area contributed by atoms with Gasteiger partial charge in [-0.3, -0.25) is 4.79 Å². The van der Waals surface area contributed by atoms with Crippen molar-refractivity contribution in [1.29, 1.82) is 0 Å². The molecule has 4 unspecified atom stereocenters. The molecule has 2 heterocycles. The lowest BCUT2D eigenvalue weighted by molar-refractivity contribution is -0.323. The molecule has 2 aliphatic rings. The summed E-state index contributed by atoms with van der Waals surface area (Å²) in [6.07, 6.45) is -7.32. The zero-order chi connectivity index (χ0) is 20.3. The molecule has 11 nitrogen and oxygen atoms in total. The first-order chi connectivity index (χ1) is 12.7. The Hall–Kier alpha value is -0.890. The van der Waals surface area contributed by atoms with Crippen molar-refractivity contribution in [3.05, 3.63) is 0 Å². The smallest absolute Gasteiger partial charge is 0.217 e. The summed E-state index contributed by atoms with van der Waals surface area (Å²) in [5.41, 5.74) is 5.99. The highest BCUT2D eigenvalue weighted by Gasteiger charge is 2.50. The lowest BCUT2D eigenvalue weighted by atomic mass is 9.89. The van der Waals surface area contributed by atoms with Crippen molar-refractivity contribution in [2.24, 2.45) is 11.7 Å². The van der Waals surface area contributed by atoms with Gasteiger partial charge in [0.2, 0.25) is 5.91 Å². The van der Waals surface area contributed by atoms with Gasteiger partial charge in [0.25, 0.3) is 0 Å². The minimum absolute atomic E-state index is 0.349. The van der Waals surface area contributed by atoms with Gasteiger partial charge in [-0.25, -0.2) is 0 Å². The third-order valence-corrected chi connectivity index (χ3v) is 5.07. The number of ether oxygens (including phenoxy) is 4. The summed E-state index contributed by atoms with van der Waals surface area (Å²) in [5.74, 6) is -0.836. The van der Waals surface area contributed by atoms with Crippen LogP contribution in [0.4, 0.5) is 0 Å². The van der Waals surface area contributed by atoms with Crippen molar-refractivity contribution in [3.8, 4) is 0 Å². The van der Waals surface area contributed by atoms with Gasteiger partial charge < -0.3 is 50.4 Å². The fourth-order valence-corrected chi connectivity index (χ4v) is 3.43. The van der Waals surface area contributed by atoms with Gasteiger partial charge >= 0.3 is 0 Å². The van der Waals surface area contributed by atoms with E-state index in [4.69, 9.17) is 24.7 Å². The quantitative estimate of drug-likeness (QED) is 0.267. The number of hydrogen-bond donors (Lipinski definition) is 6. The third kappa shape index (κ3) is 4.75. The van der Waals surface area contributed by atoms with Gasteiger partial charge in [0, 0.05) is 20.0 Å². The second kappa shape index (κ2) is 9.54. The molecule has 27 heavy (non-hydrogen) atoms. The number of rotatable bonds is 6. The molecule has 11 heteroatoms. The molecule has 0 aromatic carbocycles. The van der Waals surface area contributed by atoms with E-state index in [1.165, 1.54) is 14.0 Å². The topological polar surface area (TPSA) is 173 Å². The van der Waals surface area contributed by atoms with Crippen molar-refractivity contribution in [2.45, 2.75) is 69.0 Å². The summed E-state index contributed by atoms with van der Waals surface area (Å²) < 4.78 is 22.1. The molecule has 2 saturated heterocycles. The molecule has 2 aliphatic heterocycles. The van der Waals surface area contributed by atoms with Crippen LogP contribution in [0.5, 0.6) is 0 Å². The van der Waals surface area contributed by atoms with Crippen LogP contribution in [0, 0.1) is 5.92 Å². The molecule has 0 spiro atoms. The first-order valence-electron chi connectivity index (χ1n) is 8.84. The number of carbonyl (C=O) groups is 1. The van der Waals surface area contributed by atoms with Gasteiger partial charge in [-0.2, -0.15) is 0 Å². The van der Waals surface area contributed by atoms with Gasteiger partial charge in [-0.05, 0) is 0 Å². The first-order valence-corrected chi connectivity index (χ1v) is 8.84. The van der Waals surface area contributed by atoms with Crippen molar-refractivity contribution >= 4 is 5.91 Å². The third-order valence-electron chi connectivity index (χ3n) is 5.07. The number of methoxy groups -OCH3 is 1. The lowest BCUT2D eigenvalue weighted by Gasteiger charge is -2.47. The number of hydrogen-bond acceptors (Lipinski definition) is 10. The van der Waals surface area contributed by atoms with Gasteiger partial charge in [-0.15, -0.1) is 0 Å². The number of nitrogens with two attached hydrogens (primary N) is 1. The molecule has 0 aromatic rings. The summed E-state index contributed by atoms with van der Waals surface area (Å²) in [6, 6.07) is -1.91. The Morgan fingerprint density at radius 1 is 1.11 bits per heavy atom. The molecule has 0 aromatic heterocycles. The molecule has 1 amide bonds. The average Bonchev–Trinajstić information content (AvgIpc) is 2.64. The summed E-state index contributed by atoms with van der Waals surface area (Å²) in [5, 5.41) is 42.6. The highest BCUT2D eigenvalue weighted by atomic mass is 16.7. The number of nitrogens with one attached hydrogen (secondary N) is 1. The van der Waals surface area contributed by atoms with Crippen LogP contribution in [0.1, 0.15) is 13.8 Å². The average molecular weight is 394 g/mol. The number of carbonyl (C=O) groups excluding carboxylic acids is 1. The maximum Gasteiger partial charge on any atom is 0.217 e. The van der Waals surface area contributed by atoms with E-state index in [2.05, 4.69) is 5.32 Å². The second-order valence-corrected chi connectivity index (χ2v) is 6.93. The maximum atomic E-state index is 11.5. The highest BCUT2D eigenvalue weighted by Crippen LogP contribution is 2.30. The van der Waals surface area contributed by atoms with E-state index in [9.17, 15) is 25.2 Å². The van der Waals surface area contributed by atoms with Crippen LogP contribution in [-0.2, 0) is 23.7 Å². The van der Waals surface area contributed by atoms with E-state index in [1.807, 2.05) is 0 Å². The predicted molar refractivity (Wildman–Crippen MR) is 90.1 cm³/mol. The van der Waals surface area contributed by atoms with E-state index >= 15 is 0 Å². The zero-order valence-electron chi connectivity index (χ0n) is 15.6. The van der Waals surface area contributed by atoms with Gasteiger partial charge in [0.05, 0.1) is 31.5 Å². The Bertz CT molecular complexity index is 495. The Morgan fingerprint density at radius 2 is 1.70 bits per heavy atom. The number of aliphatic hydroxyl groups excluding tert-OH is 4. The molecule has 2 rings (SSSR count). The minimum Gasteiger partial charge on any atom is -0.394 e. The monoisotopic (exact) mass is 394 g/mol. The molecule has 10 atom stereocenters. The van der Waals surface area contributed by atoms with E-state index in [0.717, 1.165) is 0 Å². The van der Waals surface area contributed by atoms with Crippen LogP contribution in [0.3, 0.4) is 0 Å². The van der Waals surface area contributed by atoms with Crippen molar-refractivity contribution in [3.63, 3.8) is 0 Å². The first kappa shape index (κ1) is 22.4. The van der Waals surface area contributed by atoms with Crippen molar-refractivity contribution in [1.82, 2.24) is 5.32 Å². The summed E-state index contributed by atoms with van der Waals surface area (Å²) in [7, 11) is 1.34.